The van der Waals surface area contributed by atoms with Crippen molar-refractivity contribution in [1.82, 2.24) is 24.2 Å². The number of aromatic nitrogens is 3. The Labute approximate surface area is 202 Å². The number of para-hydroxylation sites is 1. The maximum absolute atomic E-state index is 12.8. The van der Waals surface area contributed by atoms with Crippen molar-refractivity contribution in [3.63, 3.8) is 0 Å². The average molecular weight is 474 g/mol. The van der Waals surface area contributed by atoms with Gasteiger partial charge in [0, 0.05) is 62.1 Å². The van der Waals surface area contributed by atoms with E-state index in [2.05, 4.69) is 21.1 Å². The summed E-state index contributed by atoms with van der Waals surface area (Å²) in [4.78, 5) is 26.2. The van der Waals surface area contributed by atoms with Crippen molar-refractivity contribution in [3.05, 3.63) is 88.3 Å². The molecular formula is C26H27N5O2S. The van der Waals surface area contributed by atoms with Crippen LogP contribution in [0, 0.1) is 6.92 Å². The largest absolute Gasteiger partial charge is 0.487 e. The number of ether oxygens (including phenoxy) is 1. The predicted octanol–water partition coefficient (Wildman–Crippen LogP) is 4.04. The third-order valence-corrected chi connectivity index (χ3v) is 6.67. The number of amides is 1. The maximum Gasteiger partial charge on any atom is 0.246 e. The van der Waals surface area contributed by atoms with Crippen LogP contribution in [-0.4, -0.2) is 56.3 Å². The molecule has 0 saturated carbocycles. The molecule has 0 aliphatic carbocycles. The van der Waals surface area contributed by atoms with E-state index in [0.717, 1.165) is 53.0 Å². The van der Waals surface area contributed by atoms with Gasteiger partial charge in [-0.3, -0.25) is 9.69 Å². The van der Waals surface area contributed by atoms with E-state index in [9.17, 15) is 4.79 Å². The number of imidazole rings is 1. The molecule has 1 saturated heterocycles. The highest BCUT2D eigenvalue weighted by molar-refractivity contribution is 7.09. The quantitative estimate of drug-likeness (QED) is 0.379. The zero-order chi connectivity index (χ0) is 23.3. The first-order chi connectivity index (χ1) is 16.6. The molecule has 7 nitrogen and oxygen atoms in total. The molecule has 4 heterocycles. The summed E-state index contributed by atoms with van der Waals surface area (Å²) in [6, 6.07) is 13.8. The van der Waals surface area contributed by atoms with Crippen molar-refractivity contribution in [3.8, 4) is 5.75 Å². The summed E-state index contributed by atoms with van der Waals surface area (Å²) in [5, 5.41) is 3.03. The number of thiazole rings is 1. The molecule has 1 aromatic carbocycles. The Hall–Kier alpha value is -3.49. The monoisotopic (exact) mass is 473 g/mol. The second kappa shape index (κ2) is 10.2. The molecule has 0 atom stereocenters. The van der Waals surface area contributed by atoms with E-state index in [1.807, 2.05) is 76.3 Å². The van der Waals surface area contributed by atoms with E-state index in [1.54, 1.807) is 17.4 Å². The number of carbonyl (C=O) groups is 1. The standard InChI is InChI=1S/C26H27N5O2S/c1-20-27-23(19-34-20)18-33-24-7-3-2-6-21(24)9-10-26(32)30-14-12-29(13-15-30)16-22-17-31-11-5-4-8-25(31)28-22/h2-11,17,19H,12-16,18H2,1H3. The average Bonchev–Trinajstić information content (AvgIpc) is 3.47. The van der Waals surface area contributed by atoms with Gasteiger partial charge in [0.25, 0.3) is 0 Å². The number of piperazine rings is 1. The Morgan fingerprint density at radius 3 is 2.68 bits per heavy atom. The van der Waals surface area contributed by atoms with Gasteiger partial charge in [-0.15, -0.1) is 11.3 Å². The normalized spacial score (nSPS) is 14.8. The van der Waals surface area contributed by atoms with Gasteiger partial charge in [0.1, 0.15) is 18.0 Å². The number of fused-ring (bicyclic) bond motifs is 1. The van der Waals surface area contributed by atoms with Gasteiger partial charge in [0.2, 0.25) is 5.91 Å². The molecule has 0 unspecified atom stereocenters. The SMILES string of the molecule is Cc1nc(COc2ccccc2C=CC(=O)N2CCN(Cc3cn4ccccc4n3)CC2)cs1. The predicted molar refractivity (Wildman–Crippen MR) is 134 cm³/mol. The lowest BCUT2D eigenvalue weighted by atomic mass is 10.2. The van der Waals surface area contributed by atoms with Crippen molar-refractivity contribution < 1.29 is 9.53 Å². The van der Waals surface area contributed by atoms with Crippen LogP contribution in [-0.2, 0) is 17.9 Å². The zero-order valence-corrected chi connectivity index (χ0v) is 19.9. The fraction of sp³-hybridized carbons (Fsp3) is 0.269. The Balaban J connectivity index is 1.14. The van der Waals surface area contributed by atoms with Crippen molar-refractivity contribution in [2.75, 3.05) is 26.2 Å². The van der Waals surface area contributed by atoms with Crippen molar-refractivity contribution in [2.24, 2.45) is 0 Å². The van der Waals surface area contributed by atoms with Crippen LogP contribution in [0.15, 0.2) is 66.3 Å². The van der Waals surface area contributed by atoms with Gasteiger partial charge >= 0.3 is 0 Å². The highest BCUT2D eigenvalue weighted by Gasteiger charge is 2.20. The first-order valence-electron chi connectivity index (χ1n) is 11.4. The number of hydrogen-bond acceptors (Lipinski definition) is 6. The summed E-state index contributed by atoms with van der Waals surface area (Å²) >= 11 is 1.61. The smallest absolute Gasteiger partial charge is 0.246 e. The number of rotatable bonds is 7. The number of hydrogen-bond donors (Lipinski definition) is 0. The summed E-state index contributed by atoms with van der Waals surface area (Å²) in [6.45, 7) is 6.27. The van der Waals surface area contributed by atoms with E-state index < -0.39 is 0 Å². The summed E-state index contributed by atoms with van der Waals surface area (Å²) in [5.74, 6) is 0.770. The second-order valence-corrected chi connectivity index (χ2v) is 9.38. The summed E-state index contributed by atoms with van der Waals surface area (Å²) in [5.41, 5.74) is 3.81. The molecule has 174 valence electrons. The molecule has 0 bridgehead atoms. The number of carbonyl (C=O) groups excluding carboxylic acids is 1. The van der Waals surface area contributed by atoms with Gasteiger partial charge in [-0.25, -0.2) is 9.97 Å². The Morgan fingerprint density at radius 2 is 1.88 bits per heavy atom. The molecule has 0 spiro atoms. The van der Waals surface area contributed by atoms with E-state index in [0.29, 0.717) is 19.7 Å². The third kappa shape index (κ3) is 5.35. The van der Waals surface area contributed by atoms with Gasteiger partial charge in [-0.05, 0) is 31.2 Å². The van der Waals surface area contributed by atoms with Crippen LogP contribution in [0.2, 0.25) is 0 Å². The highest BCUT2D eigenvalue weighted by atomic mass is 32.1. The van der Waals surface area contributed by atoms with Gasteiger partial charge in [0.05, 0.1) is 16.4 Å². The van der Waals surface area contributed by atoms with Gasteiger partial charge in [-0.1, -0.05) is 24.3 Å². The Morgan fingerprint density at radius 1 is 1.06 bits per heavy atom. The van der Waals surface area contributed by atoms with Gasteiger partial charge in [0.15, 0.2) is 0 Å². The summed E-state index contributed by atoms with van der Waals surface area (Å²) in [7, 11) is 0. The topological polar surface area (TPSA) is 63.0 Å². The Bertz CT molecular complexity index is 1270. The molecule has 1 aliphatic heterocycles. The molecule has 8 heteroatoms. The van der Waals surface area contributed by atoms with E-state index in [-0.39, 0.29) is 5.91 Å². The minimum atomic E-state index is 0.0253. The van der Waals surface area contributed by atoms with Crippen LogP contribution in [0.3, 0.4) is 0 Å². The lowest BCUT2D eigenvalue weighted by Gasteiger charge is -2.33. The molecule has 4 aromatic rings. The summed E-state index contributed by atoms with van der Waals surface area (Å²) in [6.07, 6.45) is 7.57. The lowest BCUT2D eigenvalue weighted by Crippen LogP contribution is -2.47. The summed E-state index contributed by atoms with van der Waals surface area (Å²) < 4.78 is 8.00. The highest BCUT2D eigenvalue weighted by Crippen LogP contribution is 2.21. The van der Waals surface area contributed by atoms with E-state index >= 15 is 0 Å². The van der Waals surface area contributed by atoms with E-state index in [4.69, 9.17) is 4.74 Å². The molecular weight excluding hydrogens is 446 g/mol. The number of benzene rings is 1. The minimum Gasteiger partial charge on any atom is -0.487 e. The zero-order valence-electron chi connectivity index (χ0n) is 19.1. The van der Waals surface area contributed by atoms with Crippen LogP contribution in [0.1, 0.15) is 22.0 Å². The van der Waals surface area contributed by atoms with Crippen LogP contribution >= 0.6 is 11.3 Å². The molecule has 1 fully saturated rings. The molecule has 1 aliphatic rings. The van der Waals surface area contributed by atoms with Crippen LogP contribution < -0.4 is 4.74 Å². The molecule has 0 radical (unpaired) electrons. The van der Waals surface area contributed by atoms with Crippen molar-refractivity contribution in [2.45, 2.75) is 20.1 Å². The number of nitrogens with zero attached hydrogens (tertiary/aromatic N) is 5. The van der Waals surface area contributed by atoms with Crippen molar-refractivity contribution in [1.29, 1.82) is 0 Å². The van der Waals surface area contributed by atoms with Crippen LogP contribution in [0.4, 0.5) is 0 Å². The van der Waals surface area contributed by atoms with Crippen LogP contribution in [0.25, 0.3) is 11.7 Å². The molecule has 34 heavy (non-hydrogen) atoms. The number of aryl methyl sites for hydroxylation is 1. The van der Waals surface area contributed by atoms with Gasteiger partial charge in [-0.2, -0.15) is 0 Å². The Kier molecular flexibility index (Phi) is 6.69. The molecule has 1 amide bonds. The third-order valence-electron chi connectivity index (χ3n) is 5.85. The molecule has 3 aromatic heterocycles. The fourth-order valence-electron chi connectivity index (χ4n) is 4.06. The minimum absolute atomic E-state index is 0.0253. The maximum atomic E-state index is 12.8. The molecule has 0 N–H and O–H groups in total. The number of pyridine rings is 1. The first kappa shape index (κ1) is 22.3. The van der Waals surface area contributed by atoms with E-state index in [1.165, 1.54) is 0 Å². The van der Waals surface area contributed by atoms with Gasteiger partial charge < -0.3 is 14.0 Å². The lowest BCUT2D eigenvalue weighted by molar-refractivity contribution is -0.127. The molecule has 5 rings (SSSR count). The van der Waals surface area contributed by atoms with Crippen LogP contribution in [0.5, 0.6) is 5.75 Å². The fourth-order valence-corrected chi connectivity index (χ4v) is 4.66. The van der Waals surface area contributed by atoms with Crippen molar-refractivity contribution >= 4 is 29.0 Å². The first-order valence-corrected chi connectivity index (χ1v) is 12.3. The second-order valence-electron chi connectivity index (χ2n) is 8.32.